The van der Waals surface area contributed by atoms with E-state index in [1.807, 2.05) is 0 Å². The maximum Gasteiger partial charge on any atom is 0.415 e. The molecule has 1 aliphatic heterocycles. The number of hydrogen-bond donors (Lipinski definition) is 0. The van der Waals surface area contributed by atoms with E-state index in [4.69, 9.17) is 4.74 Å². The van der Waals surface area contributed by atoms with E-state index in [-0.39, 0.29) is 41.0 Å². The highest BCUT2D eigenvalue weighted by Crippen LogP contribution is 2.44. The summed E-state index contributed by atoms with van der Waals surface area (Å²) in [5.41, 5.74) is -1.00. The quantitative estimate of drug-likeness (QED) is 0.493. The molecule has 0 unspecified atom stereocenters. The molecule has 0 atom stereocenters. The highest BCUT2D eigenvalue weighted by atomic mass is 32.2. The highest BCUT2D eigenvalue weighted by Gasteiger charge is 2.43. The van der Waals surface area contributed by atoms with E-state index in [0.29, 0.717) is 31.4 Å². The van der Waals surface area contributed by atoms with Gasteiger partial charge in [0.2, 0.25) is 0 Å². The summed E-state index contributed by atoms with van der Waals surface area (Å²) in [4.78, 5) is 4.26. The Kier molecular flexibility index (Phi) is 6.80. The van der Waals surface area contributed by atoms with Crippen LogP contribution in [0, 0.1) is 17.7 Å². The van der Waals surface area contributed by atoms with E-state index < -0.39 is 32.2 Å². The number of allylic oxidation sites excluding steroid dienone is 1. The van der Waals surface area contributed by atoms with Crippen LogP contribution in [0.4, 0.5) is 17.6 Å². The van der Waals surface area contributed by atoms with Crippen molar-refractivity contribution in [2.24, 2.45) is 16.8 Å². The highest BCUT2D eigenvalue weighted by molar-refractivity contribution is 7.92. The number of ether oxygens (including phenoxy) is 1. The SMILES string of the molecule is COc1ccc(C2=C(C(F)(F)F)CC(C3CCC(CS(=O)(=O)C(C)(C)C)CC3)=N2)c(F)c1. The van der Waals surface area contributed by atoms with Gasteiger partial charge in [-0.25, -0.2) is 12.8 Å². The lowest BCUT2D eigenvalue weighted by Crippen LogP contribution is -2.35. The second-order valence-corrected chi connectivity index (χ2v) is 12.3. The topological polar surface area (TPSA) is 55.7 Å². The summed E-state index contributed by atoms with van der Waals surface area (Å²) in [6, 6.07) is 3.72. The van der Waals surface area contributed by atoms with Gasteiger partial charge in [0.25, 0.3) is 0 Å². The van der Waals surface area contributed by atoms with Gasteiger partial charge in [0.05, 0.1) is 28.9 Å². The van der Waals surface area contributed by atoms with Gasteiger partial charge < -0.3 is 4.74 Å². The molecule has 3 rings (SSSR count). The molecular weight excluding hydrogens is 446 g/mol. The molecule has 1 saturated carbocycles. The van der Waals surface area contributed by atoms with Crippen molar-refractivity contribution in [3.63, 3.8) is 0 Å². The van der Waals surface area contributed by atoms with Gasteiger partial charge >= 0.3 is 6.18 Å². The first-order valence-corrected chi connectivity index (χ1v) is 12.3. The molecule has 1 aromatic rings. The number of aliphatic imine (C=N–C) groups is 1. The molecule has 0 spiro atoms. The van der Waals surface area contributed by atoms with Crippen LogP contribution >= 0.6 is 0 Å². The lowest BCUT2D eigenvalue weighted by molar-refractivity contribution is -0.0917. The van der Waals surface area contributed by atoms with E-state index in [1.165, 1.54) is 19.2 Å². The van der Waals surface area contributed by atoms with Crippen LogP contribution in [0.2, 0.25) is 0 Å². The van der Waals surface area contributed by atoms with Crippen LogP contribution in [0.1, 0.15) is 58.4 Å². The van der Waals surface area contributed by atoms with Crippen LogP contribution in [0.3, 0.4) is 0 Å². The zero-order valence-electron chi connectivity index (χ0n) is 18.7. The Labute approximate surface area is 186 Å². The van der Waals surface area contributed by atoms with E-state index in [9.17, 15) is 26.0 Å². The minimum Gasteiger partial charge on any atom is -0.497 e. The third-order valence-corrected chi connectivity index (χ3v) is 9.16. The Hall–Kier alpha value is -1.90. The molecule has 32 heavy (non-hydrogen) atoms. The van der Waals surface area contributed by atoms with E-state index in [0.717, 1.165) is 6.07 Å². The lowest BCUT2D eigenvalue weighted by Gasteiger charge is -2.30. The molecule has 0 aromatic heterocycles. The lowest BCUT2D eigenvalue weighted by atomic mass is 9.79. The summed E-state index contributed by atoms with van der Waals surface area (Å²) in [6.45, 7) is 5.02. The average molecular weight is 476 g/mol. The summed E-state index contributed by atoms with van der Waals surface area (Å²) in [5, 5.41) is 0. The van der Waals surface area contributed by atoms with E-state index >= 15 is 0 Å². The maximum absolute atomic E-state index is 14.5. The molecular formula is C23H29F4NO3S. The Morgan fingerprint density at radius 1 is 1.09 bits per heavy atom. The number of sulfone groups is 1. The van der Waals surface area contributed by atoms with Crippen molar-refractivity contribution in [1.29, 1.82) is 0 Å². The molecule has 0 bridgehead atoms. The van der Waals surface area contributed by atoms with E-state index in [2.05, 4.69) is 4.99 Å². The number of halogens is 4. The minimum atomic E-state index is -4.62. The number of hydrogen-bond acceptors (Lipinski definition) is 4. The first kappa shape index (κ1) is 24.7. The van der Waals surface area contributed by atoms with Gasteiger partial charge in [-0.2, -0.15) is 13.2 Å². The third kappa shape index (κ3) is 5.18. The summed E-state index contributed by atoms with van der Waals surface area (Å²) in [5.74, 6) is -0.691. The predicted octanol–water partition coefficient (Wildman–Crippen LogP) is 5.97. The van der Waals surface area contributed by atoms with Crippen molar-refractivity contribution in [3.8, 4) is 5.75 Å². The third-order valence-electron chi connectivity index (χ3n) is 6.38. The summed E-state index contributed by atoms with van der Waals surface area (Å²) < 4.78 is 84.8. The largest absolute Gasteiger partial charge is 0.497 e. The van der Waals surface area contributed by atoms with Gasteiger partial charge in [0, 0.05) is 23.8 Å². The van der Waals surface area contributed by atoms with Crippen LogP contribution in [0.5, 0.6) is 5.75 Å². The number of methoxy groups -OCH3 is 1. The Balaban J connectivity index is 1.78. The zero-order valence-corrected chi connectivity index (χ0v) is 19.5. The molecule has 0 amide bonds. The Morgan fingerprint density at radius 2 is 1.72 bits per heavy atom. The summed E-state index contributed by atoms with van der Waals surface area (Å²) in [7, 11) is -1.91. The number of rotatable bonds is 5. The Bertz CT molecular complexity index is 1030. The second-order valence-electron chi connectivity index (χ2n) is 9.56. The monoisotopic (exact) mass is 475 g/mol. The van der Waals surface area contributed by atoms with Gasteiger partial charge in [0.1, 0.15) is 11.6 Å². The van der Waals surface area contributed by atoms with Crippen molar-refractivity contribution in [1.82, 2.24) is 0 Å². The molecule has 1 fully saturated rings. The zero-order chi connectivity index (χ0) is 23.9. The number of benzene rings is 1. The predicted molar refractivity (Wildman–Crippen MR) is 117 cm³/mol. The van der Waals surface area contributed by atoms with Gasteiger partial charge in [-0.15, -0.1) is 0 Å². The molecule has 2 aliphatic rings. The fourth-order valence-corrected chi connectivity index (χ4v) is 5.70. The Morgan fingerprint density at radius 3 is 2.22 bits per heavy atom. The second kappa shape index (κ2) is 8.80. The van der Waals surface area contributed by atoms with Crippen LogP contribution in [-0.4, -0.2) is 37.9 Å². The van der Waals surface area contributed by atoms with Gasteiger partial charge in [-0.1, -0.05) is 0 Å². The molecule has 1 aromatic carbocycles. The van der Waals surface area contributed by atoms with Crippen LogP contribution in [0.25, 0.3) is 5.70 Å². The maximum atomic E-state index is 14.5. The van der Waals surface area contributed by atoms with Gasteiger partial charge in [0.15, 0.2) is 9.84 Å². The molecule has 0 N–H and O–H groups in total. The van der Waals surface area contributed by atoms with Crippen molar-refractivity contribution in [3.05, 3.63) is 35.2 Å². The number of alkyl halides is 3. The van der Waals surface area contributed by atoms with Crippen LogP contribution in [0.15, 0.2) is 28.8 Å². The normalized spacial score (nSPS) is 22.8. The van der Waals surface area contributed by atoms with Crippen molar-refractivity contribution >= 4 is 21.2 Å². The summed E-state index contributed by atoms with van der Waals surface area (Å²) in [6.07, 6.45) is -2.59. The van der Waals surface area contributed by atoms with Gasteiger partial charge in [-0.05, 0) is 70.4 Å². The molecule has 9 heteroatoms. The standard InChI is InChI=1S/C23H29F4NO3S/c1-22(2,3)32(29,30)13-14-5-7-15(8-6-14)20-12-18(23(25,26)27)21(28-20)17-10-9-16(31-4)11-19(17)24/h9-11,14-15H,5-8,12-13H2,1-4H3. The molecule has 0 radical (unpaired) electrons. The molecule has 1 heterocycles. The number of nitrogens with zero attached hydrogens (tertiary/aromatic N) is 1. The van der Waals surface area contributed by atoms with Crippen molar-refractivity contribution < 1.29 is 30.7 Å². The fourth-order valence-electron chi connectivity index (χ4n) is 4.25. The van der Waals surface area contributed by atoms with Crippen molar-refractivity contribution in [2.75, 3.05) is 12.9 Å². The average Bonchev–Trinajstić information content (AvgIpc) is 3.13. The first-order valence-electron chi connectivity index (χ1n) is 10.7. The molecule has 178 valence electrons. The molecule has 4 nitrogen and oxygen atoms in total. The minimum absolute atomic E-state index is 0.00831. The first-order chi connectivity index (χ1) is 14.7. The smallest absolute Gasteiger partial charge is 0.415 e. The molecule has 1 aliphatic carbocycles. The molecule has 0 saturated heterocycles. The van der Waals surface area contributed by atoms with Crippen LogP contribution in [-0.2, 0) is 9.84 Å². The van der Waals surface area contributed by atoms with Crippen molar-refractivity contribution in [2.45, 2.75) is 63.8 Å². The van der Waals surface area contributed by atoms with E-state index in [1.54, 1.807) is 20.8 Å². The summed E-state index contributed by atoms with van der Waals surface area (Å²) >= 11 is 0. The van der Waals surface area contributed by atoms with Crippen LogP contribution < -0.4 is 4.74 Å². The van der Waals surface area contributed by atoms with Gasteiger partial charge in [-0.3, -0.25) is 4.99 Å². The fraction of sp³-hybridized carbons (Fsp3) is 0.609.